The number of pyridine rings is 2. The summed E-state index contributed by atoms with van der Waals surface area (Å²) >= 11 is 0. The quantitative estimate of drug-likeness (QED) is 0.131. The van der Waals surface area contributed by atoms with Crippen molar-refractivity contribution in [2.45, 2.75) is 0 Å². The number of aromatic nitrogens is 1. The molecule has 0 radical (unpaired) electrons. The molecular formula is C50H31N3O3. The third-order valence-electron chi connectivity index (χ3n) is 10.9. The van der Waals surface area contributed by atoms with Crippen molar-refractivity contribution in [2.75, 3.05) is 9.80 Å². The van der Waals surface area contributed by atoms with Gasteiger partial charge in [-0.1, -0.05) is 97.1 Å². The number of para-hydroxylation sites is 5. The van der Waals surface area contributed by atoms with Crippen molar-refractivity contribution in [2.24, 2.45) is 0 Å². The van der Waals surface area contributed by atoms with Crippen LogP contribution in [0.3, 0.4) is 0 Å². The first-order chi connectivity index (χ1) is 27.6. The topological polar surface area (TPSA) is 54.3 Å². The molecule has 0 atom stereocenters. The van der Waals surface area contributed by atoms with Crippen molar-refractivity contribution >= 4 is 72.2 Å². The Morgan fingerprint density at radius 3 is 1.70 bits per heavy atom. The van der Waals surface area contributed by atoms with Crippen molar-refractivity contribution in [1.29, 1.82) is 0 Å². The summed E-state index contributed by atoms with van der Waals surface area (Å²) in [4.78, 5) is 33.3. The Balaban J connectivity index is 1.19. The Morgan fingerprint density at radius 2 is 1.00 bits per heavy atom. The second kappa shape index (κ2) is 12.4. The van der Waals surface area contributed by atoms with Gasteiger partial charge in [0.2, 0.25) is 0 Å². The molecule has 1 aliphatic rings. The van der Waals surface area contributed by atoms with Gasteiger partial charge in [-0.05, 0) is 96.1 Å². The number of fused-ring (bicyclic) bond motifs is 6. The van der Waals surface area contributed by atoms with E-state index >= 15 is 0 Å². The Labute approximate surface area is 321 Å². The van der Waals surface area contributed by atoms with Gasteiger partial charge in [0, 0.05) is 50.4 Å². The molecule has 8 aromatic carbocycles. The van der Waals surface area contributed by atoms with Crippen LogP contribution >= 0.6 is 0 Å². The summed E-state index contributed by atoms with van der Waals surface area (Å²) in [6, 6.07) is 62.4. The molecule has 2 aromatic heterocycles. The van der Waals surface area contributed by atoms with E-state index in [1.54, 1.807) is 6.07 Å². The van der Waals surface area contributed by atoms with Gasteiger partial charge in [0.05, 0.1) is 27.9 Å². The summed E-state index contributed by atoms with van der Waals surface area (Å²) < 4.78 is 8.77. The van der Waals surface area contributed by atoms with Crippen molar-refractivity contribution < 1.29 is 4.74 Å². The summed E-state index contributed by atoms with van der Waals surface area (Å²) in [6.07, 6.45) is 0. The van der Waals surface area contributed by atoms with E-state index in [1.165, 1.54) is 0 Å². The van der Waals surface area contributed by atoms with E-state index in [0.717, 1.165) is 45.3 Å². The van der Waals surface area contributed by atoms with E-state index < -0.39 is 0 Å². The van der Waals surface area contributed by atoms with Gasteiger partial charge < -0.3 is 18.9 Å². The summed E-state index contributed by atoms with van der Waals surface area (Å²) in [5.41, 5.74) is 9.34. The minimum absolute atomic E-state index is 0.116. The second-order valence-electron chi connectivity index (χ2n) is 14.1. The van der Waals surface area contributed by atoms with Crippen LogP contribution in [-0.4, -0.2) is 4.40 Å². The summed E-state index contributed by atoms with van der Waals surface area (Å²) in [6.45, 7) is 0. The van der Waals surface area contributed by atoms with Crippen LogP contribution in [0.15, 0.2) is 198 Å². The van der Waals surface area contributed by atoms with Crippen LogP contribution < -0.4 is 25.4 Å². The lowest BCUT2D eigenvalue weighted by atomic mass is 10.0. The highest BCUT2D eigenvalue weighted by Crippen LogP contribution is 2.51. The molecule has 56 heavy (non-hydrogen) atoms. The Morgan fingerprint density at radius 1 is 0.411 bits per heavy atom. The lowest BCUT2D eigenvalue weighted by Crippen LogP contribution is -2.18. The van der Waals surface area contributed by atoms with Gasteiger partial charge in [-0.3, -0.25) is 9.59 Å². The predicted molar refractivity (Wildman–Crippen MR) is 229 cm³/mol. The number of ether oxygens (including phenoxy) is 1. The minimum Gasteiger partial charge on any atom is -0.453 e. The number of rotatable bonds is 5. The van der Waals surface area contributed by atoms with Gasteiger partial charge in [0.25, 0.3) is 0 Å². The monoisotopic (exact) mass is 721 g/mol. The van der Waals surface area contributed by atoms with Gasteiger partial charge in [0.15, 0.2) is 22.4 Å². The van der Waals surface area contributed by atoms with E-state index in [4.69, 9.17) is 4.74 Å². The van der Waals surface area contributed by atoms with Crippen molar-refractivity contribution in [3.8, 4) is 22.6 Å². The molecule has 11 rings (SSSR count). The molecule has 0 saturated heterocycles. The fraction of sp³-hybridized carbons (Fsp3) is 0. The largest absolute Gasteiger partial charge is 0.453 e. The third kappa shape index (κ3) is 4.83. The minimum atomic E-state index is -0.142. The Bertz CT molecular complexity index is 3220. The molecule has 0 fully saturated rings. The second-order valence-corrected chi connectivity index (χ2v) is 14.1. The number of anilines is 6. The molecule has 0 amide bonds. The SMILES string of the molecule is O=c1c2ccc(N(c3ccccc3)c3ccccc3)cc2n2c3cc4c(cc3c(=O)c3cccc1c32)N(c1ccc(-c2ccccc2)cc1)c1ccccc1O4. The first-order valence-electron chi connectivity index (χ1n) is 18.6. The lowest BCUT2D eigenvalue weighted by molar-refractivity contribution is 0.477. The summed E-state index contributed by atoms with van der Waals surface area (Å²) in [7, 11) is 0. The molecule has 0 spiro atoms. The maximum atomic E-state index is 14.7. The van der Waals surface area contributed by atoms with Crippen LogP contribution in [0.1, 0.15) is 0 Å². The highest BCUT2D eigenvalue weighted by molar-refractivity contribution is 6.09. The van der Waals surface area contributed by atoms with E-state index in [-0.39, 0.29) is 10.9 Å². The van der Waals surface area contributed by atoms with E-state index in [2.05, 4.69) is 80.9 Å². The zero-order chi connectivity index (χ0) is 37.3. The molecule has 6 heteroatoms. The van der Waals surface area contributed by atoms with Crippen molar-refractivity contribution in [3.05, 3.63) is 209 Å². The normalized spacial score (nSPS) is 12.2. The van der Waals surface area contributed by atoms with Crippen LogP contribution in [0, 0.1) is 0 Å². The van der Waals surface area contributed by atoms with Crippen molar-refractivity contribution in [3.63, 3.8) is 0 Å². The highest BCUT2D eigenvalue weighted by atomic mass is 16.5. The third-order valence-corrected chi connectivity index (χ3v) is 10.9. The predicted octanol–water partition coefficient (Wildman–Crippen LogP) is 12.3. The highest BCUT2D eigenvalue weighted by Gasteiger charge is 2.28. The first-order valence-corrected chi connectivity index (χ1v) is 18.6. The summed E-state index contributed by atoms with van der Waals surface area (Å²) in [5, 5.41) is 2.06. The maximum absolute atomic E-state index is 14.7. The van der Waals surface area contributed by atoms with Crippen molar-refractivity contribution in [1.82, 2.24) is 4.40 Å². The molecule has 0 unspecified atom stereocenters. The molecule has 6 nitrogen and oxygen atoms in total. The van der Waals surface area contributed by atoms with Crippen LogP contribution in [-0.2, 0) is 0 Å². The number of benzene rings is 8. The van der Waals surface area contributed by atoms with Gasteiger partial charge >= 0.3 is 0 Å². The fourth-order valence-corrected chi connectivity index (χ4v) is 8.32. The van der Waals surface area contributed by atoms with Gasteiger partial charge in [-0.25, -0.2) is 0 Å². The van der Waals surface area contributed by atoms with E-state index in [0.29, 0.717) is 49.6 Å². The van der Waals surface area contributed by atoms with Gasteiger partial charge in [-0.2, -0.15) is 0 Å². The molecular weight excluding hydrogens is 691 g/mol. The summed E-state index contributed by atoms with van der Waals surface area (Å²) in [5.74, 6) is 1.31. The lowest BCUT2D eigenvalue weighted by Gasteiger charge is -2.33. The van der Waals surface area contributed by atoms with Gasteiger partial charge in [0.1, 0.15) is 0 Å². The smallest absolute Gasteiger partial charge is 0.197 e. The molecule has 10 aromatic rings. The molecule has 0 aliphatic carbocycles. The fourth-order valence-electron chi connectivity index (χ4n) is 8.32. The van der Waals surface area contributed by atoms with Crippen LogP contribution in [0.4, 0.5) is 34.1 Å². The van der Waals surface area contributed by atoms with E-state index in [1.807, 2.05) is 115 Å². The first kappa shape index (κ1) is 31.8. The Kier molecular flexibility index (Phi) is 7.06. The van der Waals surface area contributed by atoms with Crippen LogP contribution in [0.25, 0.3) is 49.2 Å². The van der Waals surface area contributed by atoms with E-state index in [9.17, 15) is 9.59 Å². The molecule has 1 aliphatic heterocycles. The maximum Gasteiger partial charge on any atom is 0.197 e. The average Bonchev–Trinajstić information content (AvgIpc) is 3.26. The molecule has 0 N–H and O–H groups in total. The van der Waals surface area contributed by atoms with Crippen LogP contribution in [0.2, 0.25) is 0 Å². The standard InChI is InChI=1S/C50H31N3O3/c54-49-38-28-27-37(51(34-15-6-2-7-16-34)35-17-8-3-9-18-35)29-43(38)53-44-31-47-45(30-41(44)50(55)40-20-12-19-39(49)48(40)53)52(42-21-10-11-22-46(42)56-47)36-25-23-33(24-26-36)32-13-4-1-5-14-32/h1-31H. The molecule has 264 valence electrons. The number of nitrogens with zero attached hydrogens (tertiary/aromatic N) is 3. The molecule has 0 saturated carbocycles. The zero-order valence-electron chi connectivity index (χ0n) is 30.0. The zero-order valence-corrected chi connectivity index (χ0v) is 30.0. The average molecular weight is 722 g/mol. The number of hydrogen-bond donors (Lipinski definition) is 0. The van der Waals surface area contributed by atoms with Crippen LogP contribution in [0.5, 0.6) is 11.5 Å². The molecule has 0 bridgehead atoms. The number of hydrogen-bond acceptors (Lipinski definition) is 5. The van der Waals surface area contributed by atoms with Gasteiger partial charge in [-0.15, -0.1) is 0 Å². The Hall–Kier alpha value is -7.70. The molecule has 3 heterocycles.